The molecule has 3 bridgehead atoms. The average Bonchev–Trinajstić information content (AvgIpc) is 3.61. The number of amides is 1. The van der Waals surface area contributed by atoms with Crippen LogP contribution in [0.3, 0.4) is 0 Å². The molecule has 12 atom stereocenters. The molecule has 2 aromatic carbocycles. The number of aromatic hydroxyl groups is 1. The Hall–Kier alpha value is -6.37. The molecule has 70 heavy (non-hydrogen) atoms. The summed E-state index contributed by atoms with van der Waals surface area (Å²) >= 11 is 0. The van der Waals surface area contributed by atoms with Crippen molar-refractivity contribution in [3.05, 3.63) is 106 Å². The van der Waals surface area contributed by atoms with Crippen LogP contribution >= 0.6 is 0 Å². The number of carbonyl (C=O) groups is 2. The van der Waals surface area contributed by atoms with E-state index >= 15 is 0 Å². The number of aliphatic hydroxyl groups is 4. The molecule has 0 saturated heterocycles. The number of aliphatic hydroxyl groups excluding tert-OH is 4. The van der Waals surface area contributed by atoms with Gasteiger partial charge in [0.25, 0.3) is 5.91 Å². The number of likely N-dealkylation sites (N-methyl/N-ethyl adjacent to an activating group) is 1. The number of esters is 1. The van der Waals surface area contributed by atoms with E-state index in [1.807, 2.05) is 30.1 Å². The molecule has 0 spiro atoms. The van der Waals surface area contributed by atoms with E-state index in [-0.39, 0.29) is 56.8 Å². The standard InChI is InChI=1S/C53H64N4O13/c1-25-14-13-15-26(2)52(64)56-44-49(63)42-40(43-51(44)70-36-24-33(17-18-34(36)55-43)67-23-21-57(9)37-16-11-12-20-54-37)41-38(28(4)48(42)62)39(29(5)47(41)61)53(65)68-22-19-35(66-10)27(3)50(69-32(8)58)31(7)46(60)30(6)45(25)59/h11-20,22,24-25,27,29-31,35,39,45-47,50,53,59-62,65H,21,23H2,1-10H3,(H,56,64)/b14-13+,22-19+,26-15-/t25-,27+,29+,30+,31+,35-,39?,45-,46+,47?,50+,53+/m0/s1. The molecule has 17 heteroatoms. The Balaban J connectivity index is 1.38. The van der Waals surface area contributed by atoms with Gasteiger partial charge in [-0.15, -0.1) is 0 Å². The van der Waals surface area contributed by atoms with Crippen molar-refractivity contribution in [2.45, 2.75) is 98.1 Å². The summed E-state index contributed by atoms with van der Waals surface area (Å²) in [6.07, 6.45) is 2.44. The SMILES string of the molecule is CO[C@H]1/C=C/O[C@@H](O)C2c3c(C)c(O)c4c(=O)c(c5oc6cc(OCCN(C)c7ccccn7)ccc6nc-5c4c3C(O)[C@@H]2C)NC(=O)/C(C)=C\C=C\[C@H](C)[C@H](O)[C@@H](C)[C@@H](O)[C@@H](C)[C@H](OC(C)=O)[C@@H]1C. The zero-order chi connectivity index (χ0) is 50.9. The molecule has 6 N–H and O–H groups in total. The van der Waals surface area contributed by atoms with Crippen LogP contribution in [-0.2, 0) is 23.8 Å². The van der Waals surface area contributed by atoms with E-state index in [1.54, 1.807) is 78.1 Å². The van der Waals surface area contributed by atoms with E-state index in [2.05, 4.69) is 10.3 Å². The Labute approximate surface area is 406 Å². The number of hydrogen-bond acceptors (Lipinski definition) is 16. The van der Waals surface area contributed by atoms with Crippen LogP contribution in [0.5, 0.6) is 11.5 Å². The predicted octanol–water partition coefficient (Wildman–Crippen LogP) is 6.65. The second-order valence-electron chi connectivity index (χ2n) is 18.8. The van der Waals surface area contributed by atoms with Gasteiger partial charge in [-0.2, -0.15) is 0 Å². The molecular weight excluding hydrogens is 901 g/mol. The Morgan fingerprint density at radius 2 is 1.66 bits per heavy atom. The van der Waals surface area contributed by atoms with E-state index in [0.29, 0.717) is 23.4 Å². The third-order valence-corrected chi connectivity index (χ3v) is 14.2. The Morgan fingerprint density at radius 1 is 0.914 bits per heavy atom. The third-order valence-electron chi connectivity index (χ3n) is 14.2. The zero-order valence-electron chi connectivity index (χ0n) is 41.1. The number of benzene rings is 3. The number of pyridine rings is 1. The molecule has 2 unspecified atom stereocenters. The summed E-state index contributed by atoms with van der Waals surface area (Å²) in [7, 11) is 3.35. The predicted molar refractivity (Wildman–Crippen MR) is 263 cm³/mol. The van der Waals surface area contributed by atoms with Gasteiger partial charge in [0, 0.05) is 68.0 Å². The van der Waals surface area contributed by atoms with Gasteiger partial charge in [0.15, 0.2) is 11.3 Å². The van der Waals surface area contributed by atoms with Crippen LogP contribution in [-0.4, -0.2) is 105 Å². The van der Waals surface area contributed by atoms with Gasteiger partial charge in [-0.3, -0.25) is 14.4 Å². The van der Waals surface area contributed by atoms with Crippen molar-refractivity contribution < 1.29 is 58.5 Å². The van der Waals surface area contributed by atoms with Crippen LogP contribution in [0, 0.1) is 36.5 Å². The first-order valence-electron chi connectivity index (χ1n) is 23.5. The molecule has 2 aliphatic carbocycles. The summed E-state index contributed by atoms with van der Waals surface area (Å²) in [6.45, 7) is 13.8. The Morgan fingerprint density at radius 3 is 2.34 bits per heavy atom. The first kappa shape index (κ1) is 51.5. The first-order chi connectivity index (χ1) is 33.3. The molecule has 0 fully saturated rings. The summed E-state index contributed by atoms with van der Waals surface area (Å²) < 4.78 is 30.2. The number of anilines is 2. The van der Waals surface area contributed by atoms with E-state index in [9.17, 15) is 39.9 Å². The quantitative estimate of drug-likeness (QED) is 0.0568. The lowest BCUT2D eigenvalue weighted by atomic mass is 9.78. The number of nitrogens with zero attached hydrogens (tertiary/aromatic N) is 3. The molecular formula is C53H64N4O13. The van der Waals surface area contributed by atoms with Gasteiger partial charge < -0.3 is 59.1 Å². The smallest absolute Gasteiger partial charge is 0.302 e. The minimum atomic E-state index is -1.62. The monoisotopic (exact) mass is 964 g/mol. The molecule has 7 rings (SSSR count). The van der Waals surface area contributed by atoms with Gasteiger partial charge in [0.1, 0.15) is 46.9 Å². The molecule has 1 aromatic heterocycles. The van der Waals surface area contributed by atoms with E-state index < -0.39 is 95.4 Å². The van der Waals surface area contributed by atoms with Crippen molar-refractivity contribution in [3.8, 4) is 23.0 Å². The number of phenolic OH excluding ortho intramolecular Hbond substituents is 1. The topological polar surface area (TPSA) is 243 Å². The highest BCUT2D eigenvalue weighted by Gasteiger charge is 2.47. The van der Waals surface area contributed by atoms with Gasteiger partial charge >= 0.3 is 5.97 Å². The van der Waals surface area contributed by atoms with Crippen molar-refractivity contribution in [1.82, 2.24) is 9.97 Å². The molecule has 2 aliphatic heterocycles. The molecule has 3 heterocycles. The number of methoxy groups -OCH3 is 1. The van der Waals surface area contributed by atoms with Crippen LogP contribution in [0.4, 0.5) is 11.5 Å². The number of rotatable bonds is 7. The summed E-state index contributed by atoms with van der Waals surface area (Å²) in [5.41, 5.74) is 0.380. The number of hydrogen-bond donors (Lipinski definition) is 6. The van der Waals surface area contributed by atoms with Gasteiger partial charge in [-0.05, 0) is 66.8 Å². The van der Waals surface area contributed by atoms with Crippen LogP contribution in [0.2, 0.25) is 0 Å². The normalized spacial score (nSPS) is 29.5. The molecule has 17 nitrogen and oxygen atoms in total. The minimum Gasteiger partial charge on any atom is -0.507 e. The number of phenols is 1. The van der Waals surface area contributed by atoms with Crippen LogP contribution in [0.25, 0.3) is 33.3 Å². The van der Waals surface area contributed by atoms with E-state index in [1.165, 1.54) is 39.4 Å². The summed E-state index contributed by atoms with van der Waals surface area (Å²) in [5.74, 6) is -4.88. The highest BCUT2D eigenvalue weighted by Crippen LogP contribution is 2.55. The minimum absolute atomic E-state index is 0.0523. The zero-order valence-corrected chi connectivity index (χ0v) is 41.1. The lowest BCUT2D eigenvalue weighted by Crippen LogP contribution is -2.46. The largest absolute Gasteiger partial charge is 0.507 e. The number of nitrogens with one attached hydrogen (secondary N) is 1. The molecule has 0 saturated carbocycles. The number of ether oxygens (including phenoxy) is 4. The molecule has 0 radical (unpaired) electrons. The van der Waals surface area contributed by atoms with Crippen LogP contribution in [0.1, 0.15) is 77.2 Å². The van der Waals surface area contributed by atoms with Gasteiger partial charge in [0.05, 0.1) is 48.5 Å². The lowest BCUT2D eigenvalue weighted by Gasteiger charge is -2.38. The third kappa shape index (κ3) is 9.98. The van der Waals surface area contributed by atoms with Crippen molar-refractivity contribution >= 4 is 45.3 Å². The molecule has 1 amide bonds. The summed E-state index contributed by atoms with van der Waals surface area (Å²) in [5, 5.41) is 61.7. The number of allylic oxidation sites excluding steroid dienone is 2. The second-order valence-corrected chi connectivity index (χ2v) is 18.8. The highest BCUT2D eigenvalue weighted by molar-refractivity contribution is 6.12. The highest BCUT2D eigenvalue weighted by atomic mass is 16.6. The Kier molecular flexibility index (Phi) is 15.7. The maximum Gasteiger partial charge on any atom is 0.302 e. The number of carbonyl (C=O) groups excluding carboxylic acids is 2. The fourth-order valence-corrected chi connectivity index (χ4v) is 9.96. The summed E-state index contributed by atoms with van der Waals surface area (Å²) in [4.78, 5) is 52.7. The van der Waals surface area contributed by atoms with Crippen LogP contribution < -0.4 is 20.4 Å². The van der Waals surface area contributed by atoms with E-state index in [4.69, 9.17) is 28.3 Å². The second kappa shape index (κ2) is 21.3. The van der Waals surface area contributed by atoms with Crippen molar-refractivity contribution in [2.24, 2.45) is 29.6 Å². The maximum atomic E-state index is 14.9. The van der Waals surface area contributed by atoms with Crippen molar-refractivity contribution in [2.75, 3.05) is 37.5 Å². The number of aromatic nitrogens is 2. The van der Waals surface area contributed by atoms with Gasteiger partial charge in [0.2, 0.25) is 11.7 Å². The lowest BCUT2D eigenvalue weighted by molar-refractivity contribution is -0.160. The molecule has 3 aromatic rings. The molecule has 374 valence electrons. The van der Waals surface area contributed by atoms with Crippen molar-refractivity contribution in [1.29, 1.82) is 0 Å². The first-order valence-corrected chi connectivity index (χ1v) is 23.5. The van der Waals surface area contributed by atoms with Crippen molar-refractivity contribution in [3.63, 3.8) is 0 Å². The van der Waals surface area contributed by atoms with Gasteiger partial charge in [-0.25, -0.2) is 9.97 Å². The summed E-state index contributed by atoms with van der Waals surface area (Å²) in [6, 6.07) is 10.6. The fourth-order valence-electron chi connectivity index (χ4n) is 9.96. The maximum absolute atomic E-state index is 14.9. The van der Waals surface area contributed by atoms with Gasteiger partial charge in [-0.1, -0.05) is 58.9 Å². The van der Waals surface area contributed by atoms with Crippen LogP contribution in [0.15, 0.2) is 87.9 Å². The fraction of sp³-hybridized carbons (Fsp3) is 0.453. The molecule has 4 aliphatic rings. The van der Waals surface area contributed by atoms with E-state index in [0.717, 1.165) is 5.82 Å². The number of fused-ring (bicyclic) bond motifs is 7. The Bertz CT molecular complexity index is 2850. The average molecular weight is 965 g/mol.